The zero-order valence-electron chi connectivity index (χ0n) is 9.51. The van der Waals surface area contributed by atoms with Gasteiger partial charge in [0, 0.05) is 0 Å². The van der Waals surface area contributed by atoms with E-state index in [2.05, 4.69) is 27.7 Å². The lowest BCUT2D eigenvalue weighted by molar-refractivity contribution is 0.0120. The number of aliphatic hydroxyl groups is 1. The maximum absolute atomic E-state index is 9.90. The number of hydrogen-bond donors (Lipinski definition) is 1. The van der Waals surface area contributed by atoms with Crippen molar-refractivity contribution < 1.29 is 5.11 Å². The van der Waals surface area contributed by atoms with E-state index in [0.717, 1.165) is 12.8 Å². The Balaban J connectivity index is 2.51. The van der Waals surface area contributed by atoms with E-state index in [0.29, 0.717) is 17.3 Å². The molecule has 1 rings (SSSR count). The van der Waals surface area contributed by atoms with Gasteiger partial charge in [-0.25, -0.2) is 0 Å². The van der Waals surface area contributed by atoms with E-state index in [9.17, 15) is 5.11 Å². The first kappa shape index (κ1) is 11.0. The molecule has 1 saturated carbocycles. The topological polar surface area (TPSA) is 20.2 Å². The van der Waals surface area contributed by atoms with Gasteiger partial charge in [-0.3, -0.25) is 0 Å². The van der Waals surface area contributed by atoms with Crippen LogP contribution < -0.4 is 0 Å². The third-order valence-electron chi connectivity index (χ3n) is 3.71. The minimum Gasteiger partial charge on any atom is -0.393 e. The van der Waals surface area contributed by atoms with Crippen LogP contribution in [0, 0.1) is 17.3 Å². The van der Waals surface area contributed by atoms with E-state index in [1.165, 1.54) is 12.8 Å². The largest absolute Gasteiger partial charge is 0.393 e. The van der Waals surface area contributed by atoms with E-state index >= 15 is 0 Å². The minimum absolute atomic E-state index is 0.0389. The van der Waals surface area contributed by atoms with Gasteiger partial charge >= 0.3 is 0 Å². The van der Waals surface area contributed by atoms with Gasteiger partial charge in [0.25, 0.3) is 0 Å². The minimum atomic E-state index is -0.0389. The van der Waals surface area contributed by atoms with Gasteiger partial charge < -0.3 is 5.11 Å². The van der Waals surface area contributed by atoms with E-state index in [4.69, 9.17) is 0 Å². The Hall–Kier alpha value is -0.0400. The zero-order valence-corrected chi connectivity index (χ0v) is 9.51. The van der Waals surface area contributed by atoms with Gasteiger partial charge in [-0.2, -0.15) is 0 Å². The summed E-state index contributed by atoms with van der Waals surface area (Å²) < 4.78 is 0. The summed E-state index contributed by atoms with van der Waals surface area (Å²) in [6.07, 6.45) is 4.64. The van der Waals surface area contributed by atoms with Crippen molar-refractivity contribution in [2.45, 2.75) is 59.5 Å². The molecule has 0 amide bonds. The van der Waals surface area contributed by atoms with Crippen LogP contribution in [0.4, 0.5) is 0 Å². The zero-order chi connectivity index (χ0) is 10.1. The third kappa shape index (κ3) is 2.70. The molecule has 0 aromatic heterocycles. The lowest BCUT2D eigenvalue weighted by Crippen LogP contribution is -2.34. The normalized spacial score (nSPS) is 36.2. The molecule has 13 heavy (non-hydrogen) atoms. The van der Waals surface area contributed by atoms with Gasteiger partial charge in [-0.1, -0.05) is 34.1 Å². The fourth-order valence-corrected chi connectivity index (χ4v) is 2.47. The van der Waals surface area contributed by atoms with Crippen molar-refractivity contribution in [2.24, 2.45) is 17.3 Å². The quantitative estimate of drug-likeness (QED) is 0.663. The Morgan fingerprint density at radius 3 is 2.23 bits per heavy atom. The maximum Gasteiger partial charge on any atom is 0.0571 e. The highest BCUT2D eigenvalue weighted by atomic mass is 16.3. The van der Waals surface area contributed by atoms with Crippen LogP contribution in [0.2, 0.25) is 0 Å². The Kier molecular flexibility index (Phi) is 3.39. The SMILES string of the molecule is CCC1CCC(C(C)(C)C)CC1O. The monoisotopic (exact) mass is 184 g/mol. The van der Waals surface area contributed by atoms with Crippen molar-refractivity contribution in [1.29, 1.82) is 0 Å². The molecular weight excluding hydrogens is 160 g/mol. The molecule has 1 nitrogen and oxygen atoms in total. The van der Waals surface area contributed by atoms with Crippen molar-refractivity contribution >= 4 is 0 Å². The molecular formula is C12H24O. The van der Waals surface area contributed by atoms with Gasteiger partial charge in [0.1, 0.15) is 0 Å². The van der Waals surface area contributed by atoms with Gasteiger partial charge in [0.05, 0.1) is 6.10 Å². The molecule has 1 aliphatic carbocycles. The average molecular weight is 184 g/mol. The molecule has 0 aromatic rings. The van der Waals surface area contributed by atoms with E-state index < -0.39 is 0 Å². The highest BCUT2D eigenvalue weighted by molar-refractivity contribution is 4.84. The smallest absolute Gasteiger partial charge is 0.0571 e. The van der Waals surface area contributed by atoms with Crippen molar-refractivity contribution in [1.82, 2.24) is 0 Å². The lowest BCUT2D eigenvalue weighted by Gasteiger charge is -2.39. The van der Waals surface area contributed by atoms with Crippen LogP contribution in [0.3, 0.4) is 0 Å². The molecule has 0 radical (unpaired) electrons. The second-order valence-electron chi connectivity index (χ2n) is 5.61. The number of hydrogen-bond acceptors (Lipinski definition) is 1. The summed E-state index contributed by atoms with van der Waals surface area (Å²) in [5, 5.41) is 9.90. The molecule has 0 aliphatic heterocycles. The standard InChI is InChI=1S/C12H24O/c1-5-9-6-7-10(8-11(9)13)12(2,3)4/h9-11,13H,5-8H2,1-4H3. The van der Waals surface area contributed by atoms with E-state index in [1.54, 1.807) is 0 Å². The molecule has 0 spiro atoms. The predicted molar refractivity (Wildman–Crippen MR) is 56.6 cm³/mol. The lowest BCUT2D eigenvalue weighted by atomic mass is 9.68. The van der Waals surface area contributed by atoms with Crippen LogP contribution in [0.25, 0.3) is 0 Å². The second kappa shape index (κ2) is 4.00. The van der Waals surface area contributed by atoms with Crippen molar-refractivity contribution in [3.05, 3.63) is 0 Å². The Labute approximate surface area is 82.5 Å². The van der Waals surface area contributed by atoms with Crippen LogP contribution in [-0.4, -0.2) is 11.2 Å². The van der Waals surface area contributed by atoms with Crippen LogP contribution in [0.15, 0.2) is 0 Å². The summed E-state index contributed by atoms with van der Waals surface area (Å²) >= 11 is 0. The molecule has 1 aliphatic rings. The van der Waals surface area contributed by atoms with Gasteiger partial charge in [-0.15, -0.1) is 0 Å². The Morgan fingerprint density at radius 1 is 1.23 bits per heavy atom. The summed E-state index contributed by atoms with van der Waals surface area (Å²) in [4.78, 5) is 0. The summed E-state index contributed by atoms with van der Waals surface area (Å²) in [6, 6.07) is 0. The van der Waals surface area contributed by atoms with E-state index in [-0.39, 0.29) is 6.10 Å². The van der Waals surface area contributed by atoms with Crippen LogP contribution >= 0.6 is 0 Å². The van der Waals surface area contributed by atoms with Crippen LogP contribution in [0.1, 0.15) is 53.4 Å². The fourth-order valence-electron chi connectivity index (χ4n) is 2.47. The molecule has 3 unspecified atom stereocenters. The average Bonchev–Trinajstić information content (AvgIpc) is 2.02. The van der Waals surface area contributed by atoms with Gasteiger partial charge in [-0.05, 0) is 36.5 Å². The highest BCUT2D eigenvalue weighted by Crippen LogP contribution is 2.40. The summed E-state index contributed by atoms with van der Waals surface area (Å²) in [7, 11) is 0. The van der Waals surface area contributed by atoms with Gasteiger partial charge in [0.2, 0.25) is 0 Å². The Morgan fingerprint density at radius 2 is 1.85 bits per heavy atom. The van der Waals surface area contributed by atoms with Crippen LogP contribution in [-0.2, 0) is 0 Å². The third-order valence-corrected chi connectivity index (χ3v) is 3.71. The first-order chi connectivity index (χ1) is 5.95. The fraction of sp³-hybridized carbons (Fsp3) is 1.00. The summed E-state index contributed by atoms with van der Waals surface area (Å²) in [6.45, 7) is 9.05. The Bertz CT molecular complexity index is 157. The molecule has 0 saturated heterocycles. The van der Waals surface area contributed by atoms with Gasteiger partial charge in [0.15, 0.2) is 0 Å². The molecule has 1 N–H and O–H groups in total. The number of aliphatic hydroxyl groups excluding tert-OH is 1. The van der Waals surface area contributed by atoms with Crippen LogP contribution in [0.5, 0.6) is 0 Å². The summed E-state index contributed by atoms with van der Waals surface area (Å²) in [5.74, 6) is 1.28. The first-order valence-electron chi connectivity index (χ1n) is 5.63. The number of rotatable bonds is 1. The maximum atomic E-state index is 9.90. The highest BCUT2D eigenvalue weighted by Gasteiger charge is 2.33. The molecule has 3 atom stereocenters. The van der Waals surface area contributed by atoms with Crippen molar-refractivity contribution in [2.75, 3.05) is 0 Å². The first-order valence-corrected chi connectivity index (χ1v) is 5.63. The summed E-state index contributed by atoms with van der Waals surface area (Å²) in [5.41, 5.74) is 0.375. The van der Waals surface area contributed by atoms with Crippen molar-refractivity contribution in [3.8, 4) is 0 Å². The molecule has 0 heterocycles. The second-order valence-corrected chi connectivity index (χ2v) is 5.61. The molecule has 78 valence electrons. The molecule has 0 bridgehead atoms. The van der Waals surface area contributed by atoms with Crippen molar-refractivity contribution in [3.63, 3.8) is 0 Å². The molecule has 1 heteroatoms. The molecule has 1 fully saturated rings. The predicted octanol–water partition coefficient (Wildman–Crippen LogP) is 3.22. The molecule has 0 aromatic carbocycles. The van der Waals surface area contributed by atoms with E-state index in [1.807, 2.05) is 0 Å².